The van der Waals surface area contributed by atoms with Crippen molar-refractivity contribution in [3.8, 4) is 11.4 Å². The van der Waals surface area contributed by atoms with Crippen molar-refractivity contribution in [2.45, 2.75) is 44.4 Å². The van der Waals surface area contributed by atoms with Gasteiger partial charge in [0.2, 0.25) is 6.23 Å². The summed E-state index contributed by atoms with van der Waals surface area (Å²) in [6, 6.07) is 16.3. The van der Waals surface area contributed by atoms with Gasteiger partial charge in [0.1, 0.15) is 17.4 Å². The molecule has 0 spiro atoms. The highest BCUT2D eigenvalue weighted by atomic mass is 35.5. The molecule has 9 nitrogen and oxygen atoms in total. The molecule has 0 bridgehead atoms. The number of hydrogen-bond donors (Lipinski definition) is 2. The standard InChI is InChI=1S/C29H24ClFN4O5/c30-17-6-12-21-24(14-17)39-28(33-21)25-15-22(34-40-25)16-5-11-20-23(13-16)32-26(3-1-2-4-27(36)37)35(29(20)38)19-9-7-18(31)8-10-19/h5-14,25,28,33H,1-4,15H2,(H,36,37)/t25-,28?/m1/s1. The van der Waals surface area contributed by atoms with Crippen LogP contribution in [0.5, 0.6) is 5.75 Å². The molecule has 0 saturated carbocycles. The molecule has 204 valence electrons. The minimum atomic E-state index is -0.879. The number of nitrogens with one attached hydrogen (secondary N) is 1. The number of halogens is 2. The fourth-order valence-corrected chi connectivity index (χ4v) is 5.09. The van der Waals surface area contributed by atoms with Gasteiger partial charge in [-0.3, -0.25) is 14.2 Å². The molecule has 4 aromatic rings. The van der Waals surface area contributed by atoms with E-state index in [-0.39, 0.29) is 18.1 Å². The zero-order valence-corrected chi connectivity index (χ0v) is 21.9. The number of rotatable bonds is 8. The molecular weight excluding hydrogens is 539 g/mol. The van der Waals surface area contributed by atoms with Gasteiger partial charge in [0.25, 0.3) is 5.56 Å². The number of oxime groups is 1. The van der Waals surface area contributed by atoms with Crippen molar-refractivity contribution in [2.24, 2.45) is 5.16 Å². The number of nitrogens with zero attached hydrogens (tertiary/aromatic N) is 3. The van der Waals surface area contributed by atoms with Gasteiger partial charge in [-0.15, -0.1) is 0 Å². The average molecular weight is 563 g/mol. The van der Waals surface area contributed by atoms with Gasteiger partial charge in [0.05, 0.1) is 28.0 Å². The summed E-state index contributed by atoms with van der Waals surface area (Å²) in [4.78, 5) is 35.1. The molecule has 2 atom stereocenters. The van der Waals surface area contributed by atoms with E-state index in [9.17, 15) is 14.0 Å². The molecule has 0 fully saturated rings. The van der Waals surface area contributed by atoms with E-state index in [0.717, 1.165) is 11.3 Å². The Morgan fingerprint density at radius 3 is 2.75 bits per heavy atom. The van der Waals surface area contributed by atoms with Crippen molar-refractivity contribution in [2.75, 3.05) is 5.32 Å². The third-order valence-electron chi connectivity index (χ3n) is 6.92. The van der Waals surface area contributed by atoms with E-state index < -0.39 is 18.0 Å². The minimum Gasteiger partial charge on any atom is -0.481 e. The number of hydrogen-bond acceptors (Lipinski definition) is 7. The predicted octanol–water partition coefficient (Wildman–Crippen LogP) is 5.30. The highest BCUT2D eigenvalue weighted by Gasteiger charge is 2.36. The van der Waals surface area contributed by atoms with Crippen LogP contribution in [0.2, 0.25) is 5.02 Å². The first-order chi connectivity index (χ1) is 19.4. The second kappa shape index (κ2) is 10.6. The molecule has 2 N–H and O–H groups in total. The zero-order valence-electron chi connectivity index (χ0n) is 21.1. The summed E-state index contributed by atoms with van der Waals surface area (Å²) in [6.45, 7) is 0. The Labute approximate surface area is 232 Å². The fourth-order valence-electron chi connectivity index (χ4n) is 4.93. The minimum absolute atomic E-state index is 0.0250. The first kappa shape index (κ1) is 25.8. The quantitative estimate of drug-likeness (QED) is 0.280. The normalized spacial score (nSPS) is 17.6. The van der Waals surface area contributed by atoms with Gasteiger partial charge in [-0.05, 0) is 61.4 Å². The van der Waals surface area contributed by atoms with E-state index in [0.29, 0.717) is 64.6 Å². The second-order valence-electron chi connectivity index (χ2n) is 9.69. The summed E-state index contributed by atoms with van der Waals surface area (Å²) in [7, 11) is 0. The number of fused-ring (bicyclic) bond motifs is 2. The molecule has 2 aliphatic heterocycles. The molecule has 0 aliphatic carbocycles. The van der Waals surface area contributed by atoms with Crippen LogP contribution in [-0.4, -0.2) is 38.7 Å². The summed E-state index contributed by atoms with van der Waals surface area (Å²) in [6.07, 6.45) is 1.03. The highest BCUT2D eigenvalue weighted by Crippen LogP contribution is 2.37. The molecular formula is C29H24ClFN4O5. The maximum atomic E-state index is 13.6. The summed E-state index contributed by atoms with van der Waals surface area (Å²) >= 11 is 6.07. The molecule has 11 heteroatoms. The number of carboxylic acid groups (broad SMARTS) is 1. The lowest BCUT2D eigenvalue weighted by molar-refractivity contribution is -0.137. The number of unbranched alkanes of at least 4 members (excludes halogenated alkanes) is 1. The van der Waals surface area contributed by atoms with E-state index in [1.165, 1.54) is 28.8 Å². The van der Waals surface area contributed by atoms with Crippen LogP contribution < -0.4 is 15.6 Å². The molecule has 0 radical (unpaired) electrons. The van der Waals surface area contributed by atoms with E-state index in [4.69, 9.17) is 31.3 Å². The lowest BCUT2D eigenvalue weighted by Crippen LogP contribution is -2.35. The van der Waals surface area contributed by atoms with E-state index in [2.05, 4.69) is 10.5 Å². The second-order valence-corrected chi connectivity index (χ2v) is 10.1. The van der Waals surface area contributed by atoms with Gasteiger partial charge in [0.15, 0.2) is 6.10 Å². The Hall–Kier alpha value is -4.44. The van der Waals surface area contributed by atoms with E-state index >= 15 is 0 Å². The number of benzene rings is 3. The van der Waals surface area contributed by atoms with Crippen molar-refractivity contribution < 1.29 is 23.9 Å². The molecule has 0 saturated heterocycles. The Morgan fingerprint density at radius 1 is 1.12 bits per heavy atom. The van der Waals surface area contributed by atoms with Crippen LogP contribution in [0.15, 0.2) is 70.6 Å². The molecule has 2 aliphatic rings. The lowest BCUT2D eigenvalue weighted by atomic mass is 10.0. The number of anilines is 1. The van der Waals surface area contributed by atoms with Crippen LogP contribution in [0.1, 0.15) is 37.1 Å². The van der Waals surface area contributed by atoms with Gasteiger partial charge in [-0.25, -0.2) is 9.37 Å². The monoisotopic (exact) mass is 562 g/mol. The van der Waals surface area contributed by atoms with Crippen molar-refractivity contribution >= 4 is 39.9 Å². The molecule has 3 aromatic carbocycles. The number of aryl methyl sites for hydroxylation is 1. The highest BCUT2D eigenvalue weighted by molar-refractivity contribution is 6.30. The van der Waals surface area contributed by atoms with Crippen LogP contribution in [0.4, 0.5) is 10.1 Å². The number of ether oxygens (including phenoxy) is 1. The van der Waals surface area contributed by atoms with Gasteiger partial charge in [-0.1, -0.05) is 22.8 Å². The third kappa shape index (κ3) is 5.10. The van der Waals surface area contributed by atoms with E-state index in [1.54, 1.807) is 30.3 Å². The van der Waals surface area contributed by atoms with Crippen molar-refractivity contribution in [3.05, 3.63) is 93.2 Å². The van der Waals surface area contributed by atoms with Gasteiger partial charge in [0, 0.05) is 35.9 Å². The summed E-state index contributed by atoms with van der Waals surface area (Å²) in [5, 5.41) is 17.5. The summed E-state index contributed by atoms with van der Waals surface area (Å²) in [5.74, 6) is -0.176. The molecule has 6 rings (SSSR count). The Kier molecular flexibility index (Phi) is 6.85. The summed E-state index contributed by atoms with van der Waals surface area (Å²) in [5.41, 5.74) is 2.96. The first-order valence-electron chi connectivity index (χ1n) is 12.8. The Bertz CT molecular complexity index is 1710. The largest absolute Gasteiger partial charge is 0.481 e. The van der Waals surface area contributed by atoms with Crippen LogP contribution in [0.25, 0.3) is 16.6 Å². The van der Waals surface area contributed by atoms with Crippen LogP contribution in [0.3, 0.4) is 0 Å². The number of carbonyl (C=O) groups is 1. The van der Waals surface area contributed by atoms with Gasteiger partial charge < -0.3 is 20.0 Å². The molecule has 3 heterocycles. The zero-order chi connectivity index (χ0) is 27.8. The van der Waals surface area contributed by atoms with Crippen LogP contribution >= 0.6 is 11.6 Å². The lowest BCUT2D eigenvalue weighted by Gasteiger charge is -2.16. The third-order valence-corrected chi connectivity index (χ3v) is 7.16. The molecule has 1 aromatic heterocycles. The van der Waals surface area contributed by atoms with Crippen LogP contribution in [-0.2, 0) is 16.1 Å². The van der Waals surface area contributed by atoms with Gasteiger partial charge in [-0.2, -0.15) is 0 Å². The topological polar surface area (TPSA) is 115 Å². The summed E-state index contributed by atoms with van der Waals surface area (Å²) < 4.78 is 21.0. The maximum absolute atomic E-state index is 13.6. The predicted molar refractivity (Wildman–Crippen MR) is 148 cm³/mol. The van der Waals surface area contributed by atoms with Crippen LogP contribution in [0, 0.1) is 5.82 Å². The van der Waals surface area contributed by atoms with Crippen molar-refractivity contribution in [1.82, 2.24) is 9.55 Å². The fraction of sp³-hybridized carbons (Fsp3) is 0.241. The van der Waals surface area contributed by atoms with Crippen molar-refractivity contribution in [1.29, 1.82) is 0 Å². The average Bonchev–Trinajstić information content (AvgIpc) is 3.59. The smallest absolute Gasteiger partial charge is 0.303 e. The number of carboxylic acids is 1. The Morgan fingerprint density at radius 2 is 1.95 bits per heavy atom. The molecule has 1 unspecified atom stereocenters. The first-order valence-corrected chi connectivity index (χ1v) is 13.2. The molecule has 0 amide bonds. The van der Waals surface area contributed by atoms with E-state index in [1.807, 2.05) is 6.07 Å². The SMILES string of the molecule is O=C(O)CCCCc1nc2cc(C3=NO[C@@H](C4Nc5ccc(Cl)cc5O4)C3)ccc2c(=O)n1-c1ccc(F)cc1. The number of aliphatic carboxylic acids is 1. The maximum Gasteiger partial charge on any atom is 0.303 e. The van der Waals surface area contributed by atoms with Gasteiger partial charge >= 0.3 is 5.97 Å². The Balaban J connectivity index is 1.27. The van der Waals surface area contributed by atoms with Crippen molar-refractivity contribution in [3.63, 3.8) is 0 Å². The molecule has 40 heavy (non-hydrogen) atoms. The number of aromatic nitrogens is 2.